The molecule has 0 spiro atoms. The maximum Gasteiger partial charge on any atom is 0.306 e. The zero-order valence-electron chi connectivity index (χ0n) is 47.5. The highest BCUT2D eigenvalue weighted by Crippen LogP contribution is 2.19. The summed E-state index contributed by atoms with van der Waals surface area (Å²) in [5.41, 5.74) is 0. The molecule has 6 nitrogen and oxygen atoms in total. The number of rotatable bonds is 57. The fraction of sp³-hybridized carbons (Fsp3) is 0.952. The molecule has 0 saturated carbocycles. The van der Waals surface area contributed by atoms with Gasteiger partial charge in [0.05, 0.1) is 0 Å². The van der Waals surface area contributed by atoms with E-state index in [1.165, 1.54) is 244 Å². The van der Waals surface area contributed by atoms with Crippen LogP contribution in [0.25, 0.3) is 0 Å². The van der Waals surface area contributed by atoms with Crippen molar-refractivity contribution in [3.05, 3.63) is 0 Å². The van der Waals surface area contributed by atoms with Crippen molar-refractivity contribution < 1.29 is 28.6 Å². The molecule has 0 fully saturated rings. The first-order valence-electron chi connectivity index (χ1n) is 31.3. The molecule has 6 heteroatoms. The first kappa shape index (κ1) is 67.4. The summed E-state index contributed by atoms with van der Waals surface area (Å²) >= 11 is 0. The summed E-state index contributed by atoms with van der Waals surface area (Å²) in [4.78, 5) is 38.2. The number of carbonyl (C=O) groups is 3. The van der Waals surface area contributed by atoms with Gasteiger partial charge in [0, 0.05) is 19.3 Å². The third-order valence-corrected chi connectivity index (χ3v) is 14.8. The largest absolute Gasteiger partial charge is 0.462 e. The Labute approximate surface area is 431 Å². The Morgan fingerprint density at radius 2 is 0.551 bits per heavy atom. The van der Waals surface area contributed by atoms with Gasteiger partial charge in [0.2, 0.25) is 0 Å². The van der Waals surface area contributed by atoms with Gasteiger partial charge < -0.3 is 14.2 Å². The van der Waals surface area contributed by atoms with Gasteiger partial charge in [-0.25, -0.2) is 0 Å². The van der Waals surface area contributed by atoms with Gasteiger partial charge in [-0.1, -0.05) is 317 Å². The summed E-state index contributed by atoms with van der Waals surface area (Å²) in [6, 6.07) is 0. The van der Waals surface area contributed by atoms with Gasteiger partial charge in [-0.15, -0.1) is 0 Å². The molecule has 0 aliphatic rings. The Morgan fingerprint density at radius 3 is 0.826 bits per heavy atom. The highest BCUT2D eigenvalue weighted by Gasteiger charge is 2.19. The van der Waals surface area contributed by atoms with Crippen molar-refractivity contribution in [3.8, 4) is 0 Å². The van der Waals surface area contributed by atoms with E-state index in [1.54, 1.807) is 0 Å². The van der Waals surface area contributed by atoms with Crippen molar-refractivity contribution in [3.63, 3.8) is 0 Å². The Morgan fingerprint density at radius 1 is 0.304 bits per heavy atom. The minimum atomic E-state index is -0.762. The van der Waals surface area contributed by atoms with Crippen LogP contribution in [0.3, 0.4) is 0 Å². The van der Waals surface area contributed by atoms with Crippen molar-refractivity contribution in [2.24, 2.45) is 11.8 Å². The fourth-order valence-corrected chi connectivity index (χ4v) is 9.73. The normalized spacial score (nSPS) is 12.4. The summed E-state index contributed by atoms with van der Waals surface area (Å²) in [6.45, 7) is 11.5. The highest BCUT2D eigenvalue weighted by molar-refractivity contribution is 5.71. The van der Waals surface area contributed by atoms with E-state index in [9.17, 15) is 14.4 Å². The summed E-state index contributed by atoms with van der Waals surface area (Å²) in [5.74, 6) is 0.927. The summed E-state index contributed by atoms with van der Waals surface area (Å²) in [5, 5.41) is 0. The van der Waals surface area contributed by atoms with E-state index in [4.69, 9.17) is 14.2 Å². The average molecular weight is 976 g/mol. The molecule has 0 aliphatic heterocycles. The number of carbonyl (C=O) groups excluding carboxylic acids is 3. The first-order chi connectivity index (χ1) is 33.8. The smallest absolute Gasteiger partial charge is 0.306 e. The molecule has 2 atom stereocenters. The molecule has 0 amide bonds. The van der Waals surface area contributed by atoms with Crippen molar-refractivity contribution >= 4 is 17.9 Å². The van der Waals surface area contributed by atoms with Crippen molar-refractivity contribution in [2.45, 2.75) is 362 Å². The van der Waals surface area contributed by atoms with Gasteiger partial charge >= 0.3 is 17.9 Å². The summed E-state index contributed by atoms with van der Waals surface area (Å²) in [6.07, 6.45) is 61.0. The molecule has 0 radical (unpaired) electrons. The molecule has 0 aliphatic carbocycles. The van der Waals surface area contributed by atoms with Crippen LogP contribution >= 0.6 is 0 Å². The van der Waals surface area contributed by atoms with Crippen LogP contribution in [0.1, 0.15) is 356 Å². The molecule has 0 N–H and O–H groups in total. The number of hydrogen-bond acceptors (Lipinski definition) is 6. The monoisotopic (exact) mass is 975 g/mol. The van der Waals surface area contributed by atoms with E-state index in [-0.39, 0.29) is 31.1 Å². The molecular weight excluding hydrogens is 853 g/mol. The third kappa shape index (κ3) is 55.6. The topological polar surface area (TPSA) is 78.9 Å². The van der Waals surface area contributed by atoms with Gasteiger partial charge in [-0.3, -0.25) is 14.4 Å². The number of hydrogen-bond donors (Lipinski definition) is 0. The van der Waals surface area contributed by atoms with Gasteiger partial charge in [0.1, 0.15) is 13.2 Å². The van der Waals surface area contributed by atoms with Crippen LogP contribution in [0, 0.1) is 11.8 Å². The maximum absolute atomic E-state index is 12.9. The Hall–Kier alpha value is -1.59. The molecule has 69 heavy (non-hydrogen) atoms. The second-order valence-corrected chi connectivity index (χ2v) is 22.4. The van der Waals surface area contributed by atoms with Crippen LogP contribution in [0.4, 0.5) is 0 Å². The van der Waals surface area contributed by atoms with Gasteiger partial charge in [0.15, 0.2) is 6.10 Å². The van der Waals surface area contributed by atoms with E-state index in [2.05, 4.69) is 34.6 Å². The van der Waals surface area contributed by atoms with Gasteiger partial charge in [-0.05, 0) is 31.1 Å². The zero-order chi connectivity index (χ0) is 50.4. The molecule has 0 aromatic heterocycles. The molecule has 0 rings (SSSR count). The molecule has 1 unspecified atom stereocenters. The molecule has 410 valence electrons. The Balaban J connectivity index is 4.19. The molecular formula is C63H122O6. The van der Waals surface area contributed by atoms with E-state index in [0.717, 1.165) is 69.6 Å². The lowest BCUT2D eigenvalue weighted by atomic mass is 9.99. The molecule has 0 bridgehead atoms. The standard InChI is InChI=1S/C63H122O6/c1-6-8-9-10-11-12-33-38-43-48-53-61(64)67-56-60(57-68-62(65)54-49-44-39-34-29-25-21-18-17-19-23-27-31-36-41-46-51-58(3)4)69-63(66)55-50-45-40-35-30-26-22-16-14-13-15-20-24-28-32-37-42-47-52-59(5)7-2/h58-60H,6-57H2,1-5H3/t59?,60-/m1/s1. The molecule has 0 aromatic rings. The Bertz CT molecular complexity index is 1060. The van der Waals surface area contributed by atoms with Gasteiger partial charge in [0.25, 0.3) is 0 Å². The lowest BCUT2D eigenvalue weighted by Crippen LogP contribution is -2.30. The molecule has 0 heterocycles. The minimum Gasteiger partial charge on any atom is -0.462 e. The van der Waals surface area contributed by atoms with E-state index >= 15 is 0 Å². The Kier molecular flexibility index (Phi) is 54.4. The van der Waals surface area contributed by atoms with E-state index < -0.39 is 6.10 Å². The predicted molar refractivity (Wildman–Crippen MR) is 298 cm³/mol. The van der Waals surface area contributed by atoms with Crippen molar-refractivity contribution in [2.75, 3.05) is 13.2 Å². The van der Waals surface area contributed by atoms with Crippen LogP contribution < -0.4 is 0 Å². The second kappa shape index (κ2) is 55.7. The van der Waals surface area contributed by atoms with Crippen molar-refractivity contribution in [1.82, 2.24) is 0 Å². The SMILES string of the molecule is CCCCCCCCCCCCC(=O)OC[C@H](COC(=O)CCCCCCCCCCCCCCCCCCC(C)C)OC(=O)CCCCCCCCCCCCCCCCCCCCC(C)CC. The number of unbranched alkanes of at least 4 members (excludes halogenated alkanes) is 41. The van der Waals surface area contributed by atoms with Crippen LogP contribution in [-0.2, 0) is 28.6 Å². The lowest BCUT2D eigenvalue weighted by molar-refractivity contribution is -0.167. The van der Waals surface area contributed by atoms with Crippen LogP contribution in [0.2, 0.25) is 0 Å². The van der Waals surface area contributed by atoms with E-state index in [1.807, 2.05) is 0 Å². The molecule has 0 aromatic carbocycles. The zero-order valence-corrected chi connectivity index (χ0v) is 47.5. The first-order valence-corrected chi connectivity index (χ1v) is 31.3. The van der Waals surface area contributed by atoms with Crippen molar-refractivity contribution in [1.29, 1.82) is 0 Å². The fourth-order valence-electron chi connectivity index (χ4n) is 9.73. The summed E-state index contributed by atoms with van der Waals surface area (Å²) in [7, 11) is 0. The quantitative estimate of drug-likeness (QED) is 0.0343. The number of ether oxygens (including phenoxy) is 3. The minimum absolute atomic E-state index is 0.0621. The van der Waals surface area contributed by atoms with Crippen LogP contribution in [-0.4, -0.2) is 37.2 Å². The van der Waals surface area contributed by atoms with E-state index in [0.29, 0.717) is 19.3 Å². The van der Waals surface area contributed by atoms with Crippen LogP contribution in [0.5, 0.6) is 0 Å². The van der Waals surface area contributed by atoms with Crippen LogP contribution in [0.15, 0.2) is 0 Å². The number of esters is 3. The molecule has 0 saturated heterocycles. The highest BCUT2D eigenvalue weighted by atomic mass is 16.6. The predicted octanol–water partition coefficient (Wildman–Crippen LogP) is 20.8. The average Bonchev–Trinajstić information content (AvgIpc) is 3.34. The second-order valence-electron chi connectivity index (χ2n) is 22.4. The lowest BCUT2D eigenvalue weighted by Gasteiger charge is -2.18. The third-order valence-electron chi connectivity index (χ3n) is 14.8. The maximum atomic E-state index is 12.9. The van der Waals surface area contributed by atoms with Gasteiger partial charge in [-0.2, -0.15) is 0 Å². The summed E-state index contributed by atoms with van der Waals surface area (Å²) < 4.78 is 16.9.